The van der Waals surface area contributed by atoms with Gasteiger partial charge in [0.2, 0.25) is 0 Å². The lowest BCUT2D eigenvalue weighted by Gasteiger charge is -2.06. The van der Waals surface area contributed by atoms with Gasteiger partial charge in [-0.05, 0) is 12.8 Å². The summed E-state index contributed by atoms with van der Waals surface area (Å²) in [5, 5.41) is 14.8. The zero-order chi connectivity index (χ0) is 13.4. The molecule has 18 heavy (non-hydrogen) atoms. The van der Waals surface area contributed by atoms with E-state index in [1.54, 1.807) is 0 Å². The van der Waals surface area contributed by atoms with Crippen LogP contribution in [-0.4, -0.2) is 43.5 Å². The van der Waals surface area contributed by atoms with E-state index in [4.69, 9.17) is 9.84 Å². The van der Waals surface area contributed by atoms with Crippen molar-refractivity contribution in [1.29, 1.82) is 0 Å². The number of rotatable bonds is 9. The second-order valence-electron chi connectivity index (χ2n) is 3.75. The number of sulfonamides is 1. The molecule has 0 fully saturated rings. The first-order chi connectivity index (χ1) is 8.61. The molecule has 3 N–H and O–H groups in total. The standard InChI is InChI=1S/C10H19N3O4S/c1-2-5-17-6-3-4-12-18(15,16)10-9(8-14)7-11-13-10/h7,12,14H,2-6,8H2,1H3,(H,11,13). The molecule has 1 aromatic heterocycles. The van der Waals surface area contributed by atoms with Crippen molar-refractivity contribution in [3.05, 3.63) is 11.8 Å². The molecule has 0 unspecified atom stereocenters. The molecule has 0 radical (unpaired) electrons. The molecule has 7 nitrogen and oxygen atoms in total. The first kappa shape index (κ1) is 15.1. The number of aromatic amines is 1. The Bertz CT molecular complexity index is 444. The minimum absolute atomic E-state index is 0.0838. The first-order valence-electron chi connectivity index (χ1n) is 5.82. The molecular formula is C10H19N3O4S. The average Bonchev–Trinajstić information content (AvgIpc) is 2.82. The normalized spacial score (nSPS) is 11.9. The van der Waals surface area contributed by atoms with Crippen LogP contribution in [-0.2, 0) is 21.4 Å². The minimum atomic E-state index is -3.64. The van der Waals surface area contributed by atoms with E-state index in [1.807, 2.05) is 6.92 Å². The van der Waals surface area contributed by atoms with Crippen molar-refractivity contribution in [2.75, 3.05) is 19.8 Å². The van der Waals surface area contributed by atoms with Crippen molar-refractivity contribution in [2.24, 2.45) is 0 Å². The Morgan fingerprint density at radius 3 is 2.94 bits per heavy atom. The van der Waals surface area contributed by atoms with Crippen LogP contribution in [0.3, 0.4) is 0 Å². The van der Waals surface area contributed by atoms with Crippen LogP contribution in [0.4, 0.5) is 0 Å². The van der Waals surface area contributed by atoms with Crippen LogP contribution in [0.2, 0.25) is 0 Å². The number of aliphatic hydroxyl groups excluding tert-OH is 1. The van der Waals surface area contributed by atoms with Gasteiger partial charge in [-0.2, -0.15) is 5.10 Å². The van der Waals surface area contributed by atoms with Crippen LogP contribution in [0.25, 0.3) is 0 Å². The van der Waals surface area contributed by atoms with Crippen molar-refractivity contribution in [3.8, 4) is 0 Å². The summed E-state index contributed by atoms with van der Waals surface area (Å²) in [6.45, 7) is 3.13. The summed E-state index contributed by atoms with van der Waals surface area (Å²) in [6.07, 6.45) is 2.83. The lowest BCUT2D eigenvalue weighted by molar-refractivity contribution is 0.133. The van der Waals surface area contributed by atoms with E-state index in [0.717, 1.165) is 6.42 Å². The van der Waals surface area contributed by atoms with Gasteiger partial charge in [0, 0.05) is 25.3 Å². The molecule has 0 aromatic carbocycles. The van der Waals surface area contributed by atoms with E-state index in [-0.39, 0.29) is 23.7 Å². The molecule has 1 aromatic rings. The number of nitrogens with one attached hydrogen (secondary N) is 2. The number of nitrogens with zero attached hydrogens (tertiary/aromatic N) is 1. The van der Waals surface area contributed by atoms with Gasteiger partial charge in [0.25, 0.3) is 10.0 Å². The third kappa shape index (κ3) is 4.37. The van der Waals surface area contributed by atoms with Crippen LogP contribution < -0.4 is 4.72 Å². The van der Waals surface area contributed by atoms with Crippen molar-refractivity contribution in [1.82, 2.24) is 14.9 Å². The summed E-state index contributed by atoms with van der Waals surface area (Å²) < 4.78 is 31.3. The molecule has 0 bridgehead atoms. The molecule has 1 rings (SSSR count). The van der Waals surface area contributed by atoms with Gasteiger partial charge in [-0.3, -0.25) is 5.10 Å². The number of H-pyrrole nitrogens is 1. The molecule has 0 aliphatic heterocycles. The van der Waals surface area contributed by atoms with E-state index in [1.165, 1.54) is 6.20 Å². The molecule has 1 heterocycles. The third-order valence-corrected chi connectivity index (χ3v) is 3.70. The Morgan fingerprint density at radius 1 is 1.50 bits per heavy atom. The fourth-order valence-corrected chi connectivity index (χ4v) is 2.54. The topological polar surface area (TPSA) is 104 Å². The molecular weight excluding hydrogens is 258 g/mol. The van der Waals surface area contributed by atoms with Gasteiger partial charge < -0.3 is 9.84 Å². The van der Waals surface area contributed by atoms with Gasteiger partial charge in [-0.25, -0.2) is 13.1 Å². The van der Waals surface area contributed by atoms with Gasteiger partial charge in [-0.15, -0.1) is 0 Å². The Balaban J connectivity index is 2.41. The molecule has 8 heteroatoms. The first-order valence-corrected chi connectivity index (χ1v) is 7.30. The Morgan fingerprint density at radius 2 is 2.28 bits per heavy atom. The predicted molar refractivity (Wildman–Crippen MR) is 65.4 cm³/mol. The van der Waals surface area contributed by atoms with Gasteiger partial charge in [0.1, 0.15) is 0 Å². The van der Waals surface area contributed by atoms with Crippen LogP contribution in [0.1, 0.15) is 25.3 Å². The van der Waals surface area contributed by atoms with Crippen molar-refractivity contribution < 1.29 is 18.3 Å². The highest BCUT2D eigenvalue weighted by Gasteiger charge is 2.19. The summed E-state index contributed by atoms with van der Waals surface area (Å²) in [5.41, 5.74) is 0.254. The van der Waals surface area contributed by atoms with Crippen molar-refractivity contribution in [2.45, 2.75) is 31.4 Å². The van der Waals surface area contributed by atoms with E-state index < -0.39 is 10.0 Å². The smallest absolute Gasteiger partial charge is 0.257 e. The largest absolute Gasteiger partial charge is 0.392 e. The van der Waals surface area contributed by atoms with E-state index >= 15 is 0 Å². The molecule has 0 spiro atoms. The predicted octanol–water partition coefficient (Wildman–Crippen LogP) is -0.00300. The highest BCUT2D eigenvalue weighted by molar-refractivity contribution is 7.89. The van der Waals surface area contributed by atoms with E-state index in [9.17, 15) is 8.42 Å². The summed E-state index contributed by atoms with van der Waals surface area (Å²) in [6, 6.07) is 0. The maximum atomic E-state index is 11.8. The molecule has 0 atom stereocenters. The second-order valence-corrected chi connectivity index (χ2v) is 5.45. The third-order valence-electron chi connectivity index (χ3n) is 2.22. The highest BCUT2D eigenvalue weighted by Crippen LogP contribution is 2.10. The summed E-state index contributed by atoms with van der Waals surface area (Å²) in [4.78, 5) is 0. The Kier molecular flexibility index (Phi) is 6.27. The van der Waals surface area contributed by atoms with E-state index in [0.29, 0.717) is 19.6 Å². The molecule has 0 saturated carbocycles. The Labute approximate surface area is 107 Å². The van der Waals surface area contributed by atoms with Crippen molar-refractivity contribution in [3.63, 3.8) is 0 Å². The summed E-state index contributed by atoms with van der Waals surface area (Å²) in [7, 11) is -3.64. The molecule has 0 saturated heterocycles. The van der Waals surface area contributed by atoms with Gasteiger partial charge in [0.15, 0.2) is 5.03 Å². The fourth-order valence-electron chi connectivity index (χ4n) is 1.34. The van der Waals surface area contributed by atoms with E-state index in [2.05, 4.69) is 14.9 Å². The zero-order valence-electron chi connectivity index (χ0n) is 10.3. The lowest BCUT2D eigenvalue weighted by Crippen LogP contribution is -2.26. The molecule has 104 valence electrons. The fraction of sp³-hybridized carbons (Fsp3) is 0.700. The molecule has 0 aliphatic carbocycles. The number of aromatic nitrogens is 2. The van der Waals surface area contributed by atoms with Crippen LogP contribution >= 0.6 is 0 Å². The van der Waals surface area contributed by atoms with Crippen LogP contribution in [0.15, 0.2) is 11.2 Å². The quantitative estimate of drug-likeness (QED) is 0.551. The number of aliphatic hydroxyl groups is 1. The van der Waals surface area contributed by atoms with Crippen LogP contribution in [0, 0.1) is 0 Å². The maximum absolute atomic E-state index is 11.8. The monoisotopic (exact) mass is 277 g/mol. The number of ether oxygens (including phenoxy) is 1. The zero-order valence-corrected chi connectivity index (χ0v) is 11.2. The Hall–Kier alpha value is -0.960. The number of hydrogen-bond acceptors (Lipinski definition) is 5. The molecule has 0 amide bonds. The van der Waals surface area contributed by atoms with Gasteiger partial charge in [0.05, 0.1) is 12.8 Å². The highest BCUT2D eigenvalue weighted by atomic mass is 32.2. The summed E-state index contributed by atoms with van der Waals surface area (Å²) >= 11 is 0. The van der Waals surface area contributed by atoms with Crippen molar-refractivity contribution >= 4 is 10.0 Å². The van der Waals surface area contributed by atoms with Gasteiger partial charge >= 0.3 is 0 Å². The average molecular weight is 277 g/mol. The number of hydrogen-bond donors (Lipinski definition) is 3. The SMILES string of the molecule is CCCOCCCNS(=O)(=O)c1[nH]ncc1CO. The summed E-state index contributed by atoms with van der Waals surface area (Å²) in [5.74, 6) is 0. The van der Waals surface area contributed by atoms with Gasteiger partial charge in [-0.1, -0.05) is 6.92 Å². The maximum Gasteiger partial charge on any atom is 0.257 e. The second kappa shape index (κ2) is 7.47. The lowest BCUT2D eigenvalue weighted by atomic mass is 10.4. The molecule has 0 aliphatic rings. The van der Waals surface area contributed by atoms with Crippen LogP contribution in [0.5, 0.6) is 0 Å². The minimum Gasteiger partial charge on any atom is -0.392 e.